The van der Waals surface area contributed by atoms with Crippen molar-refractivity contribution < 1.29 is 9.84 Å². The van der Waals surface area contributed by atoms with E-state index in [1.807, 2.05) is 18.2 Å². The first-order valence-electron chi connectivity index (χ1n) is 8.25. The monoisotopic (exact) mass is 368 g/mol. The number of benzene rings is 2. The molecule has 26 heavy (non-hydrogen) atoms. The Bertz CT molecular complexity index is 958. The predicted octanol–water partition coefficient (Wildman–Crippen LogP) is 4.23. The molecule has 0 saturated carbocycles. The molecule has 2 N–H and O–H groups in total. The Morgan fingerprint density at radius 2 is 2.04 bits per heavy atom. The number of rotatable bonds is 6. The summed E-state index contributed by atoms with van der Waals surface area (Å²) in [5, 5.41) is 20.7. The Kier molecular flexibility index (Phi) is 5.48. The number of nitrogens with zero attached hydrogens (tertiary/aromatic N) is 3. The molecule has 0 radical (unpaired) electrons. The molecule has 0 bridgehead atoms. The van der Waals surface area contributed by atoms with E-state index in [0.29, 0.717) is 16.5 Å². The topological polar surface area (TPSA) is 75.4 Å². The van der Waals surface area contributed by atoms with Crippen LogP contribution in [0.15, 0.2) is 53.6 Å². The zero-order valence-corrected chi connectivity index (χ0v) is 15.4. The first-order valence-corrected chi connectivity index (χ1v) is 8.66. The van der Waals surface area contributed by atoms with Crippen LogP contribution >= 0.6 is 12.2 Å². The highest BCUT2D eigenvalue weighted by Crippen LogP contribution is 2.19. The lowest BCUT2D eigenvalue weighted by Crippen LogP contribution is -2.04. The van der Waals surface area contributed by atoms with Gasteiger partial charge in [0.25, 0.3) is 0 Å². The number of phenols is 1. The zero-order valence-electron chi connectivity index (χ0n) is 14.6. The van der Waals surface area contributed by atoms with E-state index >= 15 is 0 Å². The standard InChI is InChI=1S/C19H20N4O2S/c1-13(2)15-6-8-17(9-7-15)25-12-18-21-22-19(26)23(18)20-11-14-4-3-5-16(24)10-14/h3-11,13,24H,12H2,1-2H3,(H,22,26)/b20-11-. The maximum atomic E-state index is 9.52. The Balaban J connectivity index is 1.72. The first-order chi connectivity index (χ1) is 12.5. The van der Waals surface area contributed by atoms with Gasteiger partial charge in [0.05, 0.1) is 6.21 Å². The van der Waals surface area contributed by atoms with E-state index in [1.165, 1.54) is 10.2 Å². The smallest absolute Gasteiger partial charge is 0.216 e. The van der Waals surface area contributed by atoms with Gasteiger partial charge in [-0.05, 0) is 53.5 Å². The van der Waals surface area contributed by atoms with Crippen LogP contribution in [-0.2, 0) is 6.61 Å². The lowest BCUT2D eigenvalue weighted by atomic mass is 10.0. The average Bonchev–Trinajstić information content (AvgIpc) is 2.98. The minimum absolute atomic E-state index is 0.179. The van der Waals surface area contributed by atoms with Crippen LogP contribution in [0.5, 0.6) is 11.5 Å². The van der Waals surface area contributed by atoms with Crippen molar-refractivity contribution in [3.8, 4) is 11.5 Å². The molecule has 6 nitrogen and oxygen atoms in total. The van der Waals surface area contributed by atoms with E-state index in [9.17, 15) is 5.11 Å². The number of H-pyrrole nitrogens is 1. The average molecular weight is 368 g/mol. The minimum atomic E-state index is 0.179. The summed E-state index contributed by atoms with van der Waals surface area (Å²) < 4.78 is 7.66. The molecule has 0 aliphatic rings. The fraction of sp³-hybridized carbons (Fsp3) is 0.211. The Labute approximate surface area is 156 Å². The van der Waals surface area contributed by atoms with E-state index in [-0.39, 0.29) is 12.4 Å². The van der Waals surface area contributed by atoms with Gasteiger partial charge in [-0.2, -0.15) is 14.9 Å². The highest BCUT2D eigenvalue weighted by atomic mass is 32.1. The van der Waals surface area contributed by atoms with Crippen molar-refractivity contribution in [2.75, 3.05) is 0 Å². The molecule has 0 spiro atoms. The molecule has 1 aromatic heterocycles. The summed E-state index contributed by atoms with van der Waals surface area (Å²) in [5.41, 5.74) is 2.01. The molecule has 3 aromatic rings. The van der Waals surface area contributed by atoms with Gasteiger partial charge in [-0.15, -0.1) is 0 Å². The Morgan fingerprint density at radius 1 is 1.27 bits per heavy atom. The highest BCUT2D eigenvalue weighted by Gasteiger charge is 2.07. The van der Waals surface area contributed by atoms with Crippen molar-refractivity contribution in [1.82, 2.24) is 14.9 Å². The van der Waals surface area contributed by atoms with E-state index in [1.54, 1.807) is 24.4 Å². The van der Waals surface area contributed by atoms with Crippen LogP contribution in [-0.4, -0.2) is 26.2 Å². The summed E-state index contributed by atoms with van der Waals surface area (Å²) in [6.07, 6.45) is 1.60. The number of aromatic nitrogens is 3. The molecule has 0 fully saturated rings. The summed E-state index contributed by atoms with van der Waals surface area (Å²) in [6, 6.07) is 14.8. The van der Waals surface area contributed by atoms with Gasteiger partial charge in [-0.25, -0.2) is 5.10 Å². The summed E-state index contributed by atoms with van der Waals surface area (Å²) in [5.74, 6) is 1.97. The molecule has 3 rings (SSSR count). The molecular weight excluding hydrogens is 348 g/mol. The SMILES string of the molecule is CC(C)c1ccc(OCc2n[nH]c(=S)n2/N=C\c2cccc(O)c2)cc1. The summed E-state index contributed by atoms with van der Waals surface area (Å²) >= 11 is 5.22. The molecule has 1 heterocycles. The molecule has 0 aliphatic carbocycles. The first kappa shape index (κ1) is 17.9. The third kappa shape index (κ3) is 4.37. The van der Waals surface area contributed by atoms with Gasteiger partial charge >= 0.3 is 0 Å². The minimum Gasteiger partial charge on any atom is -0.508 e. The van der Waals surface area contributed by atoms with Gasteiger partial charge in [0.1, 0.15) is 18.1 Å². The predicted molar refractivity (Wildman–Crippen MR) is 103 cm³/mol. The fourth-order valence-electron chi connectivity index (χ4n) is 2.36. The van der Waals surface area contributed by atoms with Gasteiger partial charge in [-0.3, -0.25) is 0 Å². The maximum Gasteiger partial charge on any atom is 0.216 e. The van der Waals surface area contributed by atoms with Crippen LogP contribution in [0.2, 0.25) is 0 Å². The quantitative estimate of drug-likeness (QED) is 0.504. The Morgan fingerprint density at radius 3 is 2.73 bits per heavy atom. The normalized spacial score (nSPS) is 11.3. The highest BCUT2D eigenvalue weighted by molar-refractivity contribution is 7.71. The molecule has 0 saturated heterocycles. The van der Waals surface area contributed by atoms with Gasteiger partial charge in [0.15, 0.2) is 5.82 Å². The van der Waals surface area contributed by atoms with Crippen LogP contribution in [0.4, 0.5) is 0 Å². The van der Waals surface area contributed by atoms with E-state index in [0.717, 1.165) is 11.3 Å². The number of ether oxygens (including phenoxy) is 1. The van der Waals surface area contributed by atoms with Crippen molar-refractivity contribution in [2.45, 2.75) is 26.4 Å². The fourth-order valence-corrected chi connectivity index (χ4v) is 2.56. The summed E-state index contributed by atoms with van der Waals surface area (Å²) in [6.45, 7) is 4.53. The summed E-state index contributed by atoms with van der Waals surface area (Å²) in [4.78, 5) is 0. The second-order valence-corrected chi connectivity index (χ2v) is 6.50. The number of aromatic hydroxyl groups is 1. The van der Waals surface area contributed by atoms with Crippen LogP contribution in [0.3, 0.4) is 0 Å². The lowest BCUT2D eigenvalue weighted by molar-refractivity contribution is 0.290. The number of aromatic amines is 1. The molecule has 0 amide bonds. The number of hydrogen-bond acceptors (Lipinski definition) is 5. The molecule has 134 valence electrons. The summed E-state index contributed by atoms with van der Waals surface area (Å²) in [7, 11) is 0. The third-order valence-electron chi connectivity index (χ3n) is 3.82. The number of phenolic OH excluding ortho intramolecular Hbond substituents is 1. The molecule has 7 heteroatoms. The van der Waals surface area contributed by atoms with Gasteiger partial charge in [0.2, 0.25) is 4.77 Å². The van der Waals surface area contributed by atoms with Crippen LogP contribution in [0.1, 0.15) is 36.7 Å². The van der Waals surface area contributed by atoms with E-state index in [4.69, 9.17) is 17.0 Å². The maximum absolute atomic E-state index is 9.52. The molecule has 0 aliphatic heterocycles. The largest absolute Gasteiger partial charge is 0.508 e. The molecule has 0 unspecified atom stereocenters. The van der Waals surface area contributed by atoms with E-state index < -0.39 is 0 Å². The third-order valence-corrected chi connectivity index (χ3v) is 4.09. The van der Waals surface area contributed by atoms with Crippen molar-refractivity contribution in [2.24, 2.45) is 5.10 Å². The van der Waals surface area contributed by atoms with Crippen molar-refractivity contribution in [1.29, 1.82) is 0 Å². The second-order valence-electron chi connectivity index (χ2n) is 6.11. The Hall–Kier alpha value is -2.93. The van der Waals surface area contributed by atoms with Crippen LogP contribution < -0.4 is 4.74 Å². The van der Waals surface area contributed by atoms with Gasteiger partial charge in [-0.1, -0.05) is 38.1 Å². The zero-order chi connectivity index (χ0) is 18.5. The molecule has 0 atom stereocenters. The van der Waals surface area contributed by atoms with Gasteiger partial charge < -0.3 is 9.84 Å². The molecule has 2 aromatic carbocycles. The second kappa shape index (κ2) is 7.97. The van der Waals surface area contributed by atoms with Crippen molar-refractivity contribution in [3.05, 3.63) is 70.3 Å². The van der Waals surface area contributed by atoms with Crippen LogP contribution in [0, 0.1) is 4.77 Å². The van der Waals surface area contributed by atoms with Crippen molar-refractivity contribution >= 4 is 18.4 Å². The van der Waals surface area contributed by atoms with Crippen molar-refractivity contribution in [3.63, 3.8) is 0 Å². The lowest BCUT2D eigenvalue weighted by Gasteiger charge is -2.08. The van der Waals surface area contributed by atoms with Gasteiger partial charge in [0, 0.05) is 0 Å². The molecular formula is C19H20N4O2S. The van der Waals surface area contributed by atoms with E-state index in [2.05, 4.69) is 41.3 Å². The number of nitrogens with one attached hydrogen (secondary N) is 1. The number of hydrogen-bond donors (Lipinski definition) is 2. The van der Waals surface area contributed by atoms with Crippen LogP contribution in [0.25, 0.3) is 0 Å².